The van der Waals surface area contributed by atoms with E-state index in [1.165, 1.54) is 6.42 Å². The van der Waals surface area contributed by atoms with E-state index in [-0.39, 0.29) is 49.5 Å². The van der Waals surface area contributed by atoms with Crippen LogP contribution in [0.2, 0.25) is 0 Å². The maximum atomic E-state index is 14.3. The molecule has 1 aromatic carbocycles. The van der Waals surface area contributed by atoms with Gasteiger partial charge in [-0.15, -0.1) is 10.2 Å². The van der Waals surface area contributed by atoms with Crippen LogP contribution in [0.5, 0.6) is 0 Å². The monoisotopic (exact) mass is 741 g/mol. The number of aromatic nitrogens is 4. The molecule has 1 saturated heterocycles. The first-order chi connectivity index (χ1) is 25.7. The van der Waals surface area contributed by atoms with Crippen LogP contribution in [0, 0.1) is 17.8 Å². The second-order valence-corrected chi connectivity index (χ2v) is 15.1. The summed E-state index contributed by atoms with van der Waals surface area (Å²) in [6, 6.07) is 9.15. The lowest BCUT2D eigenvalue weighted by Gasteiger charge is -2.36. The minimum atomic E-state index is -0.973. The Morgan fingerprint density at radius 3 is 2.40 bits per heavy atom. The Kier molecular flexibility index (Phi) is 18.1. The van der Waals surface area contributed by atoms with E-state index >= 15 is 0 Å². The minimum absolute atomic E-state index is 0.0231. The normalized spacial score (nSPS) is 18.6. The van der Waals surface area contributed by atoms with Crippen molar-refractivity contribution in [1.82, 2.24) is 36.2 Å². The van der Waals surface area contributed by atoms with Gasteiger partial charge in [-0.3, -0.25) is 14.4 Å². The third-order valence-electron chi connectivity index (χ3n) is 10.7. The number of ether oxygens (including phenoxy) is 3. The van der Waals surface area contributed by atoms with Crippen molar-refractivity contribution < 1.29 is 33.7 Å². The molecule has 4 rings (SSSR count). The molecule has 0 bridgehead atoms. The quantitative estimate of drug-likeness (QED) is 0.128. The average Bonchev–Trinajstić information content (AvgIpc) is 3.70. The van der Waals surface area contributed by atoms with E-state index in [1.807, 2.05) is 49.1 Å². The molecule has 5 atom stereocenters. The molecule has 4 N–H and O–H groups in total. The number of methoxy groups -OCH3 is 1. The van der Waals surface area contributed by atoms with Crippen LogP contribution in [0.3, 0.4) is 0 Å². The zero-order chi connectivity index (χ0) is 38.0. The van der Waals surface area contributed by atoms with Crippen LogP contribution < -0.4 is 10.6 Å². The predicted molar refractivity (Wildman–Crippen MR) is 199 cm³/mol. The van der Waals surface area contributed by atoms with Crippen molar-refractivity contribution in [3.63, 3.8) is 0 Å². The van der Waals surface area contributed by atoms with Crippen LogP contribution >= 0.6 is 0 Å². The number of unbranched alkanes of at least 4 members (excludes halogenated alkanes) is 1. The third kappa shape index (κ3) is 14.0. The maximum Gasteiger partial charge on any atom is 0.252 e. The number of aromatic amines is 1. The number of nitrogens with one attached hydrogen (secondary N) is 3. The average molecular weight is 742 g/mol. The fourth-order valence-electron chi connectivity index (χ4n) is 7.51. The highest BCUT2D eigenvalue weighted by atomic mass is 16.7. The molecule has 0 spiro atoms. The van der Waals surface area contributed by atoms with E-state index < -0.39 is 30.3 Å². The molecule has 53 heavy (non-hydrogen) atoms. The molecule has 14 heteroatoms. The topological polar surface area (TPSA) is 181 Å². The lowest BCUT2D eigenvalue weighted by molar-refractivity contribution is -0.157. The molecular formula is C39H63N7O7. The molecular weight excluding hydrogens is 678 g/mol. The van der Waals surface area contributed by atoms with Crippen molar-refractivity contribution in [1.29, 1.82) is 0 Å². The lowest BCUT2D eigenvalue weighted by atomic mass is 9.81. The van der Waals surface area contributed by atoms with Crippen LogP contribution in [0.25, 0.3) is 0 Å². The molecule has 1 aromatic heterocycles. The number of amides is 3. The SMILES string of the molecule is CCCC[C@H](O[C@@H](Cc1ccccc1)C(=O)N1CCC(OCOC)CC1)C(=O)N[C@@H](CC1CCCCC1)[C@@H](O)C[C@H](C(=O)NCc1nn[nH]n1)C(C)C. The fourth-order valence-corrected chi connectivity index (χ4v) is 7.51. The number of carbonyl (C=O) groups is 3. The molecule has 2 heterocycles. The molecule has 0 unspecified atom stereocenters. The van der Waals surface area contributed by atoms with E-state index in [1.54, 1.807) is 7.11 Å². The van der Waals surface area contributed by atoms with Crippen molar-refractivity contribution in [2.24, 2.45) is 17.8 Å². The van der Waals surface area contributed by atoms with Gasteiger partial charge >= 0.3 is 0 Å². The number of rotatable bonds is 22. The standard InChI is InChI=1S/C39H63N7O7/c1-5-6-17-34(53-35(23-29-15-11-8-12-16-29)39(50)46-20-18-30(19-21-46)52-26-51-4)38(49)41-32(22-28-13-9-7-10-14-28)33(47)24-31(27(2)3)37(48)40-25-36-42-44-45-43-36/h8,11-12,15-16,27-28,30-35,47H,5-7,9-10,13-14,17-26H2,1-4H3,(H,40,48)(H,41,49)(H,42,43,44,45)/t31-,32-,33-,34-,35-/m0/s1. The number of piperidine rings is 1. The Labute approximate surface area is 314 Å². The van der Waals surface area contributed by atoms with Gasteiger partial charge in [0.05, 0.1) is 24.8 Å². The first-order valence-corrected chi connectivity index (χ1v) is 19.8. The summed E-state index contributed by atoms with van der Waals surface area (Å²) >= 11 is 0. The first-order valence-electron chi connectivity index (χ1n) is 19.8. The van der Waals surface area contributed by atoms with Crippen molar-refractivity contribution in [3.8, 4) is 0 Å². The summed E-state index contributed by atoms with van der Waals surface area (Å²) in [4.78, 5) is 43.6. The van der Waals surface area contributed by atoms with Gasteiger partial charge in [0.15, 0.2) is 5.82 Å². The molecule has 0 radical (unpaired) electrons. The van der Waals surface area contributed by atoms with Crippen molar-refractivity contribution in [3.05, 3.63) is 41.7 Å². The molecule has 1 saturated carbocycles. The molecule has 296 valence electrons. The molecule has 14 nitrogen and oxygen atoms in total. The number of H-pyrrole nitrogens is 1. The van der Waals surface area contributed by atoms with Crippen LogP contribution in [0.15, 0.2) is 30.3 Å². The van der Waals surface area contributed by atoms with Crippen molar-refractivity contribution in [2.45, 2.75) is 141 Å². The second kappa shape index (κ2) is 22.7. The van der Waals surface area contributed by atoms with Gasteiger partial charge in [0.25, 0.3) is 5.91 Å². The summed E-state index contributed by atoms with van der Waals surface area (Å²) < 4.78 is 17.4. The largest absolute Gasteiger partial charge is 0.391 e. The number of benzene rings is 1. The Morgan fingerprint density at radius 2 is 1.75 bits per heavy atom. The van der Waals surface area contributed by atoms with Crippen LogP contribution in [0.4, 0.5) is 0 Å². The predicted octanol–water partition coefficient (Wildman–Crippen LogP) is 4.09. The van der Waals surface area contributed by atoms with Crippen molar-refractivity contribution in [2.75, 3.05) is 27.0 Å². The number of nitrogens with zero attached hydrogens (tertiary/aromatic N) is 4. The smallest absolute Gasteiger partial charge is 0.252 e. The van der Waals surface area contributed by atoms with Crippen LogP contribution in [-0.4, -0.2) is 106 Å². The zero-order valence-corrected chi connectivity index (χ0v) is 32.2. The van der Waals surface area contributed by atoms with Gasteiger partial charge in [-0.05, 0) is 49.5 Å². The molecule has 3 amide bonds. The molecule has 2 fully saturated rings. The number of hydrogen-bond donors (Lipinski definition) is 4. The van der Waals surface area contributed by atoms with Crippen molar-refractivity contribution >= 4 is 17.7 Å². The second-order valence-electron chi connectivity index (χ2n) is 15.1. The summed E-state index contributed by atoms with van der Waals surface area (Å²) in [5.74, 6) is -0.544. The molecule has 1 aliphatic carbocycles. The van der Waals surface area contributed by atoms with E-state index in [0.29, 0.717) is 56.9 Å². The Morgan fingerprint density at radius 1 is 1.02 bits per heavy atom. The number of aliphatic hydroxyl groups is 1. The maximum absolute atomic E-state index is 14.3. The van der Waals surface area contributed by atoms with Gasteiger partial charge in [0, 0.05) is 32.5 Å². The highest BCUT2D eigenvalue weighted by Crippen LogP contribution is 2.30. The van der Waals surface area contributed by atoms with E-state index in [9.17, 15) is 19.5 Å². The number of carbonyl (C=O) groups excluding carboxylic acids is 3. The van der Waals surface area contributed by atoms with Gasteiger partial charge in [-0.25, -0.2) is 0 Å². The molecule has 2 aromatic rings. The Balaban J connectivity index is 1.50. The Hall–Kier alpha value is -3.46. The van der Waals surface area contributed by atoms with E-state index in [4.69, 9.17) is 14.2 Å². The van der Waals surface area contributed by atoms with Crippen LogP contribution in [-0.2, 0) is 41.6 Å². The number of aliphatic hydroxyl groups excluding tert-OH is 1. The highest BCUT2D eigenvalue weighted by Gasteiger charge is 2.36. The summed E-state index contributed by atoms with van der Waals surface area (Å²) in [6.07, 6.45) is 7.32. The minimum Gasteiger partial charge on any atom is -0.391 e. The third-order valence-corrected chi connectivity index (χ3v) is 10.7. The summed E-state index contributed by atoms with van der Waals surface area (Å²) in [5.41, 5.74) is 0.946. The number of hydrogen-bond acceptors (Lipinski definition) is 10. The number of likely N-dealkylation sites (tertiary alicyclic amines) is 1. The van der Waals surface area contributed by atoms with Gasteiger partial charge in [0.1, 0.15) is 19.0 Å². The van der Waals surface area contributed by atoms with Gasteiger partial charge in [0.2, 0.25) is 11.8 Å². The lowest BCUT2D eigenvalue weighted by Crippen LogP contribution is -2.52. The molecule has 2 aliphatic rings. The Bertz CT molecular complexity index is 1330. The van der Waals surface area contributed by atoms with E-state index in [0.717, 1.165) is 44.1 Å². The molecule has 1 aliphatic heterocycles. The van der Waals surface area contributed by atoms with E-state index in [2.05, 4.69) is 38.2 Å². The summed E-state index contributed by atoms with van der Waals surface area (Å²) in [6.45, 7) is 7.36. The highest BCUT2D eigenvalue weighted by molar-refractivity contribution is 5.84. The summed E-state index contributed by atoms with van der Waals surface area (Å²) in [7, 11) is 1.59. The zero-order valence-electron chi connectivity index (χ0n) is 32.2. The fraction of sp³-hybridized carbons (Fsp3) is 0.744. The van der Waals surface area contributed by atoms with Gasteiger partial charge in [-0.2, -0.15) is 5.21 Å². The summed E-state index contributed by atoms with van der Waals surface area (Å²) in [5, 5.41) is 31.6. The number of tetrazole rings is 1. The van der Waals surface area contributed by atoms with Gasteiger partial charge < -0.3 is 34.9 Å². The van der Waals surface area contributed by atoms with Gasteiger partial charge in [-0.1, -0.05) is 101 Å². The first kappa shape index (κ1) is 42.3. The van der Waals surface area contributed by atoms with Crippen LogP contribution in [0.1, 0.15) is 109 Å².